The van der Waals surface area contributed by atoms with Gasteiger partial charge in [-0.05, 0) is 35.9 Å². The summed E-state index contributed by atoms with van der Waals surface area (Å²) >= 11 is 1.59. The molecular formula is C19H17N3O2S. The molecule has 0 atom stereocenters. The number of hydrogen-bond donors (Lipinski definition) is 2. The predicted molar refractivity (Wildman–Crippen MR) is 101 cm³/mol. The minimum atomic E-state index is -0.370. The molecule has 6 heteroatoms. The average Bonchev–Trinajstić information content (AvgIpc) is 2.64. The molecule has 3 aromatic carbocycles. The van der Waals surface area contributed by atoms with Crippen molar-refractivity contribution in [2.45, 2.75) is 16.3 Å². The number of hydrogen-bond acceptors (Lipinski definition) is 5. The number of nitro benzene ring substituents is 1. The third-order valence-electron chi connectivity index (χ3n) is 3.51. The number of hydrazine groups is 1. The zero-order chi connectivity index (χ0) is 17.5. The molecule has 0 amide bonds. The second-order valence-corrected chi connectivity index (χ2v) is 6.42. The highest BCUT2D eigenvalue weighted by molar-refractivity contribution is 7.99. The predicted octanol–water partition coefficient (Wildman–Crippen LogP) is 4.86. The molecule has 0 aliphatic carbocycles. The van der Waals surface area contributed by atoms with Gasteiger partial charge in [0.05, 0.1) is 4.92 Å². The first-order chi connectivity index (χ1) is 12.2. The Morgan fingerprint density at radius 3 is 2.28 bits per heavy atom. The highest BCUT2D eigenvalue weighted by atomic mass is 32.2. The van der Waals surface area contributed by atoms with Gasteiger partial charge in [0.2, 0.25) is 0 Å². The van der Waals surface area contributed by atoms with Gasteiger partial charge >= 0.3 is 0 Å². The highest BCUT2D eigenvalue weighted by Crippen LogP contribution is 2.32. The van der Waals surface area contributed by atoms with Crippen molar-refractivity contribution >= 4 is 23.1 Å². The molecule has 0 aromatic heterocycles. The Kier molecular flexibility index (Phi) is 5.66. The number of anilines is 1. The highest BCUT2D eigenvalue weighted by Gasteiger charge is 2.11. The summed E-state index contributed by atoms with van der Waals surface area (Å²) in [4.78, 5) is 12.8. The second kappa shape index (κ2) is 8.32. The van der Waals surface area contributed by atoms with Gasteiger partial charge in [-0.25, -0.2) is 5.43 Å². The number of nitrogens with zero attached hydrogens (tertiary/aromatic N) is 1. The quantitative estimate of drug-likeness (QED) is 0.470. The van der Waals surface area contributed by atoms with E-state index in [4.69, 9.17) is 0 Å². The molecule has 3 rings (SSSR count). The van der Waals surface area contributed by atoms with Crippen LogP contribution in [0, 0.1) is 10.1 Å². The van der Waals surface area contributed by atoms with E-state index in [1.165, 1.54) is 0 Å². The van der Waals surface area contributed by atoms with E-state index in [-0.39, 0.29) is 10.6 Å². The van der Waals surface area contributed by atoms with Crippen LogP contribution in [0.15, 0.2) is 88.7 Å². The van der Waals surface area contributed by atoms with Gasteiger partial charge in [0.25, 0.3) is 5.69 Å². The molecule has 126 valence electrons. The summed E-state index contributed by atoms with van der Waals surface area (Å²) in [6.07, 6.45) is 0. The molecule has 5 nitrogen and oxygen atoms in total. The molecular weight excluding hydrogens is 334 g/mol. The monoisotopic (exact) mass is 351 g/mol. The topological polar surface area (TPSA) is 67.2 Å². The van der Waals surface area contributed by atoms with E-state index in [0.29, 0.717) is 6.54 Å². The first kappa shape index (κ1) is 17.0. The van der Waals surface area contributed by atoms with Crippen molar-refractivity contribution in [2.24, 2.45) is 0 Å². The number of benzene rings is 3. The lowest BCUT2D eigenvalue weighted by molar-refractivity contribution is -0.385. The van der Waals surface area contributed by atoms with E-state index < -0.39 is 0 Å². The fourth-order valence-corrected chi connectivity index (χ4v) is 3.24. The zero-order valence-corrected chi connectivity index (χ0v) is 14.2. The summed E-state index contributed by atoms with van der Waals surface area (Å²) < 4.78 is 0. The van der Waals surface area contributed by atoms with Gasteiger partial charge in [-0.2, -0.15) is 0 Å². The number of nitrogens with one attached hydrogen (secondary N) is 2. The van der Waals surface area contributed by atoms with Crippen molar-refractivity contribution in [3.05, 3.63) is 94.5 Å². The van der Waals surface area contributed by atoms with Crippen molar-refractivity contribution in [2.75, 3.05) is 5.43 Å². The molecule has 0 unspecified atom stereocenters. The van der Waals surface area contributed by atoms with E-state index in [2.05, 4.69) is 10.9 Å². The van der Waals surface area contributed by atoms with Gasteiger partial charge in [-0.1, -0.05) is 48.2 Å². The largest absolute Gasteiger partial charge is 0.321 e. The van der Waals surface area contributed by atoms with Gasteiger partial charge in [-0.3, -0.25) is 10.1 Å². The number of para-hydroxylation sites is 1. The fraction of sp³-hybridized carbons (Fsp3) is 0.0526. The Hall–Kier alpha value is -2.83. The van der Waals surface area contributed by atoms with Crippen LogP contribution in [-0.2, 0) is 6.54 Å². The van der Waals surface area contributed by atoms with Crippen molar-refractivity contribution < 1.29 is 4.92 Å². The van der Waals surface area contributed by atoms with Crippen LogP contribution in [-0.4, -0.2) is 4.92 Å². The molecule has 0 aliphatic rings. The van der Waals surface area contributed by atoms with E-state index in [1.54, 1.807) is 30.0 Å². The Labute approximate surface area is 150 Å². The Bertz CT molecular complexity index is 842. The minimum Gasteiger partial charge on any atom is -0.321 e. The van der Waals surface area contributed by atoms with Crippen molar-refractivity contribution in [3.8, 4) is 0 Å². The first-order valence-corrected chi connectivity index (χ1v) is 8.58. The maximum Gasteiger partial charge on any atom is 0.269 e. The number of non-ortho nitro benzene ring substituents is 1. The van der Waals surface area contributed by atoms with Crippen LogP contribution in [0.1, 0.15) is 5.56 Å². The van der Waals surface area contributed by atoms with Crippen molar-refractivity contribution in [1.82, 2.24) is 5.43 Å². The third-order valence-corrected chi connectivity index (χ3v) is 4.64. The molecule has 25 heavy (non-hydrogen) atoms. The molecule has 0 spiro atoms. The van der Waals surface area contributed by atoms with Crippen LogP contribution in [0.25, 0.3) is 0 Å². The molecule has 0 saturated carbocycles. The fourth-order valence-electron chi connectivity index (χ4n) is 2.30. The SMILES string of the molecule is O=[N+]([O-])c1ccc(Sc2ccccc2)c(CNNc2ccccc2)c1. The minimum absolute atomic E-state index is 0.0916. The average molecular weight is 351 g/mol. The molecule has 0 saturated heterocycles. The van der Waals surface area contributed by atoms with E-state index in [9.17, 15) is 10.1 Å². The molecule has 0 radical (unpaired) electrons. The summed E-state index contributed by atoms with van der Waals surface area (Å²) in [6.45, 7) is 0.464. The summed E-state index contributed by atoms with van der Waals surface area (Å²) in [5.74, 6) is 0. The molecule has 0 bridgehead atoms. The van der Waals surface area contributed by atoms with Crippen molar-refractivity contribution in [3.63, 3.8) is 0 Å². The molecule has 2 N–H and O–H groups in total. The standard InChI is InChI=1S/C19H17N3O2S/c23-22(24)17-11-12-19(25-18-9-5-2-6-10-18)15(13-17)14-20-21-16-7-3-1-4-8-16/h1-13,20-21H,14H2. The van der Waals surface area contributed by atoms with E-state index in [0.717, 1.165) is 21.0 Å². The van der Waals surface area contributed by atoms with Gasteiger partial charge in [0.1, 0.15) is 0 Å². The van der Waals surface area contributed by atoms with E-state index in [1.807, 2.05) is 60.7 Å². The first-order valence-electron chi connectivity index (χ1n) is 7.76. The maximum atomic E-state index is 11.1. The van der Waals surface area contributed by atoms with Crippen molar-refractivity contribution in [1.29, 1.82) is 0 Å². The smallest absolute Gasteiger partial charge is 0.269 e. The lowest BCUT2D eigenvalue weighted by Crippen LogP contribution is -2.21. The van der Waals surface area contributed by atoms with Crippen LogP contribution in [0.3, 0.4) is 0 Å². The lowest BCUT2D eigenvalue weighted by atomic mass is 10.2. The Morgan fingerprint density at radius 2 is 1.60 bits per heavy atom. The van der Waals surface area contributed by atoms with Gasteiger partial charge in [-0.15, -0.1) is 0 Å². The normalized spacial score (nSPS) is 10.4. The summed E-state index contributed by atoms with van der Waals surface area (Å²) in [5.41, 5.74) is 8.12. The Morgan fingerprint density at radius 1 is 0.920 bits per heavy atom. The maximum absolute atomic E-state index is 11.1. The van der Waals surface area contributed by atoms with Gasteiger partial charge in [0, 0.05) is 34.2 Å². The second-order valence-electron chi connectivity index (χ2n) is 5.31. The van der Waals surface area contributed by atoms with Crippen LogP contribution in [0.4, 0.5) is 11.4 Å². The van der Waals surface area contributed by atoms with Gasteiger partial charge in [0.15, 0.2) is 0 Å². The summed E-state index contributed by atoms with van der Waals surface area (Å²) in [7, 11) is 0. The molecule has 0 heterocycles. The number of rotatable bonds is 7. The van der Waals surface area contributed by atoms with Crippen LogP contribution in [0.2, 0.25) is 0 Å². The lowest BCUT2D eigenvalue weighted by Gasteiger charge is -2.12. The molecule has 0 aliphatic heterocycles. The Balaban J connectivity index is 1.76. The molecule has 0 fully saturated rings. The molecule has 3 aromatic rings. The summed E-state index contributed by atoms with van der Waals surface area (Å²) in [6, 6.07) is 24.6. The van der Waals surface area contributed by atoms with Crippen LogP contribution in [0.5, 0.6) is 0 Å². The zero-order valence-electron chi connectivity index (χ0n) is 13.4. The van der Waals surface area contributed by atoms with Crippen LogP contribution < -0.4 is 10.9 Å². The van der Waals surface area contributed by atoms with E-state index >= 15 is 0 Å². The van der Waals surface area contributed by atoms with Crippen LogP contribution >= 0.6 is 11.8 Å². The number of nitro groups is 1. The van der Waals surface area contributed by atoms with Gasteiger partial charge < -0.3 is 5.43 Å². The third kappa shape index (κ3) is 4.82. The summed E-state index contributed by atoms with van der Waals surface area (Å²) in [5, 5.41) is 11.1.